The molecule has 112 valence electrons. The number of rotatable bonds is 6. The summed E-state index contributed by atoms with van der Waals surface area (Å²) in [4.78, 5) is 9.98. The molecule has 3 N–H and O–H groups in total. The van der Waals surface area contributed by atoms with Crippen LogP contribution in [0.4, 0.5) is 11.4 Å². The molecule has 0 bridgehead atoms. The molecule has 20 heavy (non-hydrogen) atoms. The number of nitrogen functional groups attached to an aromatic ring is 1. The van der Waals surface area contributed by atoms with E-state index < -0.39 is 14.9 Å². The third-order valence-electron chi connectivity index (χ3n) is 2.64. The van der Waals surface area contributed by atoms with Crippen molar-refractivity contribution in [2.45, 2.75) is 18.7 Å². The quantitative estimate of drug-likeness (QED) is 0.462. The maximum atomic E-state index is 12.4. The molecule has 0 amide bonds. The van der Waals surface area contributed by atoms with Gasteiger partial charge in [-0.25, -0.2) is 12.7 Å². The molecule has 8 nitrogen and oxygen atoms in total. The zero-order valence-electron chi connectivity index (χ0n) is 11.5. The van der Waals surface area contributed by atoms with E-state index in [2.05, 4.69) is 5.43 Å². The third-order valence-corrected chi connectivity index (χ3v) is 4.52. The minimum absolute atomic E-state index is 0.00481. The van der Waals surface area contributed by atoms with Crippen LogP contribution in [-0.4, -0.2) is 31.2 Å². The molecule has 0 atom stereocenters. The van der Waals surface area contributed by atoms with Gasteiger partial charge in [-0.3, -0.25) is 16.0 Å². The van der Waals surface area contributed by atoms with Gasteiger partial charge in [0, 0.05) is 25.7 Å². The largest absolute Gasteiger partial charge is 0.323 e. The van der Waals surface area contributed by atoms with E-state index in [9.17, 15) is 18.5 Å². The summed E-state index contributed by atoms with van der Waals surface area (Å²) >= 11 is 0. The Morgan fingerprint density at radius 2 is 2.05 bits per heavy atom. The van der Waals surface area contributed by atoms with E-state index in [4.69, 9.17) is 5.84 Å². The summed E-state index contributed by atoms with van der Waals surface area (Å²) in [6.45, 7) is 4.12. The van der Waals surface area contributed by atoms with Gasteiger partial charge in [-0.1, -0.05) is 13.8 Å². The fourth-order valence-corrected chi connectivity index (χ4v) is 3.22. The summed E-state index contributed by atoms with van der Waals surface area (Å²) in [5.41, 5.74) is 1.96. The summed E-state index contributed by atoms with van der Waals surface area (Å²) in [6, 6.07) is 3.41. The molecule has 9 heteroatoms. The maximum absolute atomic E-state index is 12.4. The maximum Gasteiger partial charge on any atom is 0.271 e. The zero-order valence-corrected chi connectivity index (χ0v) is 12.3. The Morgan fingerprint density at radius 1 is 1.45 bits per heavy atom. The number of nitrogens with zero attached hydrogens (tertiary/aromatic N) is 2. The number of sulfonamides is 1. The van der Waals surface area contributed by atoms with Crippen molar-refractivity contribution in [3.8, 4) is 0 Å². The summed E-state index contributed by atoms with van der Waals surface area (Å²) in [5, 5.41) is 10.7. The second-order valence-corrected chi connectivity index (χ2v) is 6.77. The molecule has 0 radical (unpaired) electrons. The van der Waals surface area contributed by atoms with Crippen LogP contribution in [0.15, 0.2) is 23.1 Å². The average Bonchev–Trinajstić information content (AvgIpc) is 2.36. The fraction of sp³-hybridized carbons (Fsp3) is 0.455. The van der Waals surface area contributed by atoms with Crippen molar-refractivity contribution in [1.82, 2.24) is 4.31 Å². The number of nitro groups is 1. The SMILES string of the molecule is CC(C)CN(C)S(=O)(=O)c1ccc([N+](=O)[O-])cc1NN. The van der Waals surface area contributed by atoms with E-state index in [-0.39, 0.29) is 22.2 Å². The lowest BCUT2D eigenvalue weighted by molar-refractivity contribution is -0.384. The fourth-order valence-electron chi connectivity index (χ4n) is 1.75. The van der Waals surface area contributed by atoms with Gasteiger partial charge < -0.3 is 5.43 Å². The summed E-state index contributed by atoms with van der Waals surface area (Å²) in [7, 11) is -2.30. The highest BCUT2D eigenvalue weighted by atomic mass is 32.2. The lowest BCUT2D eigenvalue weighted by atomic mass is 10.2. The van der Waals surface area contributed by atoms with Gasteiger partial charge in [0.15, 0.2) is 0 Å². The van der Waals surface area contributed by atoms with Crippen molar-refractivity contribution in [3.05, 3.63) is 28.3 Å². The lowest BCUT2D eigenvalue weighted by Crippen LogP contribution is -2.31. The first-order valence-corrected chi connectivity index (χ1v) is 7.35. The number of nitrogens with one attached hydrogen (secondary N) is 1. The molecule has 1 rings (SSSR count). The second-order valence-electron chi connectivity index (χ2n) is 4.76. The molecule has 1 aromatic rings. The molecule has 0 aliphatic carbocycles. The molecular formula is C11H18N4O4S. The standard InChI is InChI=1S/C11H18N4O4S/c1-8(2)7-14(3)20(18,19)11-5-4-9(15(16)17)6-10(11)13-12/h4-6,8,13H,7,12H2,1-3H3. The summed E-state index contributed by atoms with van der Waals surface area (Å²) in [5.74, 6) is 5.42. The predicted octanol–water partition coefficient (Wildman–Crippen LogP) is 1.16. The molecule has 0 aromatic heterocycles. The number of benzene rings is 1. The zero-order chi connectivity index (χ0) is 15.5. The van der Waals surface area contributed by atoms with Crippen LogP contribution in [0, 0.1) is 16.0 Å². The van der Waals surface area contributed by atoms with Crippen LogP contribution in [0.5, 0.6) is 0 Å². The van der Waals surface area contributed by atoms with Crippen LogP contribution < -0.4 is 11.3 Å². The van der Waals surface area contributed by atoms with Gasteiger partial charge in [0.05, 0.1) is 10.6 Å². The van der Waals surface area contributed by atoms with E-state index in [1.54, 1.807) is 0 Å². The first-order valence-electron chi connectivity index (χ1n) is 5.91. The Morgan fingerprint density at radius 3 is 2.50 bits per heavy atom. The third kappa shape index (κ3) is 3.44. The van der Waals surface area contributed by atoms with Crippen LogP contribution in [0.1, 0.15) is 13.8 Å². The first-order chi connectivity index (χ1) is 9.20. The molecule has 1 aromatic carbocycles. The van der Waals surface area contributed by atoms with Gasteiger partial charge in [0.1, 0.15) is 4.90 Å². The van der Waals surface area contributed by atoms with Crippen molar-refractivity contribution < 1.29 is 13.3 Å². The van der Waals surface area contributed by atoms with Gasteiger partial charge in [-0.2, -0.15) is 0 Å². The molecule has 0 fully saturated rings. The predicted molar refractivity (Wildman–Crippen MR) is 75.6 cm³/mol. The number of hydrogen-bond donors (Lipinski definition) is 2. The number of anilines is 1. The minimum atomic E-state index is -3.75. The van der Waals surface area contributed by atoms with Crippen LogP contribution in [0.2, 0.25) is 0 Å². The van der Waals surface area contributed by atoms with Gasteiger partial charge in [-0.15, -0.1) is 0 Å². The van der Waals surface area contributed by atoms with Crippen molar-refractivity contribution in [2.24, 2.45) is 11.8 Å². The summed E-state index contributed by atoms with van der Waals surface area (Å²) < 4.78 is 26.0. The lowest BCUT2D eigenvalue weighted by Gasteiger charge is -2.20. The highest BCUT2D eigenvalue weighted by Gasteiger charge is 2.25. The molecule has 0 spiro atoms. The monoisotopic (exact) mass is 302 g/mol. The van der Waals surface area contributed by atoms with Crippen LogP contribution in [0.25, 0.3) is 0 Å². The number of non-ortho nitro benzene ring substituents is 1. The minimum Gasteiger partial charge on any atom is -0.323 e. The Labute approximate surface area is 117 Å². The molecule has 0 aliphatic heterocycles. The second kappa shape index (κ2) is 6.16. The number of nitrogens with two attached hydrogens (primary N) is 1. The highest BCUT2D eigenvalue weighted by Crippen LogP contribution is 2.28. The Balaban J connectivity index is 3.28. The molecule has 0 saturated heterocycles. The normalized spacial score (nSPS) is 11.9. The van der Waals surface area contributed by atoms with Crippen LogP contribution in [-0.2, 0) is 10.0 Å². The Bertz CT molecular complexity index is 600. The van der Waals surface area contributed by atoms with Crippen molar-refractivity contribution >= 4 is 21.4 Å². The number of hydrogen-bond acceptors (Lipinski definition) is 6. The number of nitro benzene ring substituents is 1. The topological polar surface area (TPSA) is 119 Å². The molecule has 0 aliphatic rings. The molecule has 0 heterocycles. The summed E-state index contributed by atoms with van der Waals surface area (Å²) in [6.07, 6.45) is 0. The van der Waals surface area contributed by atoms with Gasteiger partial charge in [-0.05, 0) is 12.0 Å². The first kappa shape index (κ1) is 16.3. The van der Waals surface area contributed by atoms with Crippen molar-refractivity contribution in [1.29, 1.82) is 0 Å². The van der Waals surface area contributed by atoms with Crippen molar-refractivity contribution in [3.63, 3.8) is 0 Å². The van der Waals surface area contributed by atoms with E-state index >= 15 is 0 Å². The van der Waals surface area contributed by atoms with Crippen molar-refractivity contribution in [2.75, 3.05) is 19.0 Å². The van der Waals surface area contributed by atoms with E-state index in [1.165, 1.54) is 17.4 Å². The highest BCUT2D eigenvalue weighted by molar-refractivity contribution is 7.89. The van der Waals surface area contributed by atoms with E-state index in [1.807, 2.05) is 13.8 Å². The Hall–Kier alpha value is -1.71. The smallest absolute Gasteiger partial charge is 0.271 e. The number of hydrazine groups is 1. The van der Waals surface area contributed by atoms with Crippen LogP contribution in [0.3, 0.4) is 0 Å². The molecular weight excluding hydrogens is 284 g/mol. The average molecular weight is 302 g/mol. The van der Waals surface area contributed by atoms with Crippen LogP contribution >= 0.6 is 0 Å². The Kier molecular flexibility index (Phi) is 5.03. The van der Waals surface area contributed by atoms with Gasteiger partial charge in [0.2, 0.25) is 10.0 Å². The molecule has 0 unspecified atom stereocenters. The van der Waals surface area contributed by atoms with Gasteiger partial charge >= 0.3 is 0 Å². The van der Waals surface area contributed by atoms with E-state index in [0.29, 0.717) is 6.54 Å². The van der Waals surface area contributed by atoms with Gasteiger partial charge in [0.25, 0.3) is 5.69 Å². The van der Waals surface area contributed by atoms with E-state index in [0.717, 1.165) is 12.1 Å². The molecule has 0 saturated carbocycles.